The number of alkyl halides is 3. The molecule has 0 saturated heterocycles. The van der Waals surface area contributed by atoms with Crippen LogP contribution in [0.3, 0.4) is 0 Å². The van der Waals surface area contributed by atoms with E-state index >= 15 is 0 Å². The molecule has 1 heterocycles. The van der Waals surface area contributed by atoms with Crippen molar-refractivity contribution in [3.63, 3.8) is 0 Å². The van der Waals surface area contributed by atoms with Gasteiger partial charge in [0.2, 0.25) is 5.91 Å². The maximum Gasteiger partial charge on any atom is 0.416 e. The summed E-state index contributed by atoms with van der Waals surface area (Å²) in [5.74, 6) is -0.629. The molecule has 2 aromatic rings. The fourth-order valence-electron chi connectivity index (χ4n) is 2.41. The molecule has 1 aliphatic rings. The lowest BCUT2D eigenvalue weighted by atomic mass is 10.2. The first-order valence-electron chi connectivity index (χ1n) is 6.79. The third-order valence-corrected chi connectivity index (χ3v) is 4.85. The van der Waals surface area contributed by atoms with Crippen LogP contribution < -0.4 is 9.03 Å². The summed E-state index contributed by atoms with van der Waals surface area (Å²) in [5.41, 5.74) is -0.157. The van der Waals surface area contributed by atoms with Gasteiger partial charge in [-0.1, -0.05) is 18.2 Å². The fourth-order valence-corrected chi connectivity index (χ4v) is 3.71. The lowest BCUT2D eigenvalue weighted by Crippen LogP contribution is -2.38. The number of hydrogen-bond donors (Lipinski definition) is 1. The van der Waals surface area contributed by atoms with Crippen LogP contribution in [0.15, 0.2) is 48.5 Å². The molecule has 126 valence electrons. The van der Waals surface area contributed by atoms with Crippen LogP contribution in [0.4, 0.5) is 24.5 Å². The van der Waals surface area contributed by atoms with E-state index in [-0.39, 0.29) is 17.8 Å². The van der Waals surface area contributed by atoms with Gasteiger partial charge in [0.15, 0.2) is 0 Å². The summed E-state index contributed by atoms with van der Waals surface area (Å²) >= 11 is 0. The van der Waals surface area contributed by atoms with Crippen molar-refractivity contribution in [2.75, 3.05) is 9.03 Å². The van der Waals surface area contributed by atoms with Crippen molar-refractivity contribution < 1.29 is 26.4 Å². The van der Waals surface area contributed by atoms with Crippen molar-refractivity contribution in [3.05, 3.63) is 59.7 Å². The Morgan fingerprint density at radius 1 is 1.00 bits per heavy atom. The molecule has 0 unspecified atom stereocenters. The van der Waals surface area contributed by atoms with E-state index in [2.05, 4.69) is 4.72 Å². The van der Waals surface area contributed by atoms with Gasteiger partial charge in [0, 0.05) is 0 Å². The Kier molecular flexibility index (Phi) is 3.75. The average molecular weight is 356 g/mol. The molecule has 0 aromatic heterocycles. The molecule has 1 aliphatic heterocycles. The first-order valence-corrected chi connectivity index (χ1v) is 8.23. The molecular weight excluding hydrogens is 345 g/mol. The van der Waals surface area contributed by atoms with Crippen molar-refractivity contribution in [3.8, 4) is 0 Å². The largest absolute Gasteiger partial charge is 0.416 e. The summed E-state index contributed by atoms with van der Waals surface area (Å²) in [4.78, 5) is 12.0. The summed E-state index contributed by atoms with van der Waals surface area (Å²) < 4.78 is 65.2. The third kappa shape index (κ3) is 2.94. The van der Waals surface area contributed by atoms with Gasteiger partial charge in [0.25, 0.3) is 0 Å². The molecule has 0 bridgehead atoms. The van der Waals surface area contributed by atoms with Crippen molar-refractivity contribution in [1.29, 1.82) is 0 Å². The number of carbonyl (C=O) groups is 1. The zero-order valence-corrected chi connectivity index (χ0v) is 12.9. The summed E-state index contributed by atoms with van der Waals surface area (Å²) in [5, 5.41) is 0. The molecule has 0 saturated carbocycles. The molecule has 1 N–H and O–H groups in total. The van der Waals surface area contributed by atoms with Crippen LogP contribution in [0.25, 0.3) is 0 Å². The van der Waals surface area contributed by atoms with Gasteiger partial charge in [-0.3, -0.25) is 9.52 Å². The molecule has 9 heteroatoms. The van der Waals surface area contributed by atoms with Gasteiger partial charge in [-0.2, -0.15) is 25.9 Å². The van der Waals surface area contributed by atoms with Crippen LogP contribution >= 0.6 is 0 Å². The normalized spacial score (nSPS) is 14.6. The van der Waals surface area contributed by atoms with Crippen molar-refractivity contribution in [2.24, 2.45) is 0 Å². The Morgan fingerprint density at radius 3 is 2.25 bits per heavy atom. The van der Waals surface area contributed by atoms with E-state index in [9.17, 15) is 26.4 Å². The highest BCUT2D eigenvalue weighted by atomic mass is 32.2. The zero-order chi connectivity index (χ0) is 17.5. The van der Waals surface area contributed by atoms with Crippen LogP contribution in [0, 0.1) is 0 Å². The van der Waals surface area contributed by atoms with Crippen molar-refractivity contribution in [1.82, 2.24) is 0 Å². The van der Waals surface area contributed by atoms with E-state index in [4.69, 9.17) is 0 Å². The van der Waals surface area contributed by atoms with E-state index in [1.165, 1.54) is 6.07 Å². The lowest BCUT2D eigenvalue weighted by molar-refractivity contribution is -0.137. The highest BCUT2D eigenvalue weighted by Crippen LogP contribution is 2.32. The first kappa shape index (κ1) is 16.3. The number of anilines is 2. The van der Waals surface area contributed by atoms with Crippen molar-refractivity contribution >= 4 is 27.5 Å². The predicted molar refractivity (Wildman–Crippen MR) is 81.6 cm³/mol. The van der Waals surface area contributed by atoms with Crippen LogP contribution in [-0.4, -0.2) is 14.3 Å². The SMILES string of the molecule is O=C1Cc2ccccc2N1S(=O)(=O)Nc1ccc(C(F)(F)F)cc1. The number of rotatable bonds is 3. The van der Waals surface area contributed by atoms with E-state index in [0.29, 0.717) is 9.87 Å². The number of hydrogen-bond acceptors (Lipinski definition) is 3. The lowest BCUT2D eigenvalue weighted by Gasteiger charge is -2.19. The minimum Gasteiger partial charge on any atom is -0.273 e. The van der Waals surface area contributed by atoms with E-state index in [0.717, 1.165) is 24.3 Å². The van der Waals surface area contributed by atoms with E-state index < -0.39 is 27.9 Å². The molecule has 3 rings (SSSR count). The van der Waals surface area contributed by atoms with Crippen LogP contribution in [0.2, 0.25) is 0 Å². The summed E-state index contributed by atoms with van der Waals surface area (Å²) in [6, 6.07) is 9.92. The Bertz CT molecular complexity index is 893. The van der Waals surface area contributed by atoms with Crippen LogP contribution in [0.1, 0.15) is 11.1 Å². The topological polar surface area (TPSA) is 66.5 Å². The molecule has 0 fully saturated rings. The van der Waals surface area contributed by atoms with Gasteiger partial charge >= 0.3 is 16.4 Å². The number of nitrogens with one attached hydrogen (secondary N) is 1. The molecule has 0 aliphatic carbocycles. The van der Waals surface area contributed by atoms with E-state index in [1.807, 2.05) is 0 Å². The maximum absolute atomic E-state index is 12.5. The first-order chi connectivity index (χ1) is 11.2. The number of nitrogens with zero attached hydrogens (tertiary/aromatic N) is 1. The smallest absolute Gasteiger partial charge is 0.273 e. The maximum atomic E-state index is 12.5. The highest BCUT2D eigenvalue weighted by molar-refractivity contribution is 7.94. The number of halogens is 3. The second-order valence-electron chi connectivity index (χ2n) is 5.15. The van der Waals surface area contributed by atoms with Gasteiger partial charge in [-0.05, 0) is 35.9 Å². The van der Waals surface area contributed by atoms with Gasteiger partial charge in [0.05, 0.1) is 23.4 Å². The number of para-hydroxylation sites is 1. The summed E-state index contributed by atoms with van der Waals surface area (Å²) in [6.45, 7) is 0. The summed E-state index contributed by atoms with van der Waals surface area (Å²) in [7, 11) is -4.27. The third-order valence-electron chi connectivity index (χ3n) is 3.48. The van der Waals surface area contributed by atoms with Gasteiger partial charge < -0.3 is 0 Å². The highest BCUT2D eigenvalue weighted by Gasteiger charge is 2.36. The minimum atomic E-state index is -4.51. The van der Waals surface area contributed by atoms with Gasteiger partial charge in [-0.25, -0.2) is 0 Å². The number of amides is 1. The molecule has 0 atom stereocenters. The molecule has 0 spiro atoms. The standard InChI is InChI=1S/C15H11F3N2O3S/c16-15(17,18)11-5-7-12(8-6-11)19-24(22,23)20-13-4-2-1-3-10(13)9-14(20)21/h1-8,19H,9H2. The second kappa shape index (κ2) is 5.52. The fraction of sp³-hybridized carbons (Fsp3) is 0.133. The Hall–Kier alpha value is -2.55. The molecule has 1 amide bonds. The van der Waals surface area contributed by atoms with Crippen molar-refractivity contribution in [2.45, 2.75) is 12.6 Å². The molecular formula is C15H11F3N2O3S. The molecule has 0 radical (unpaired) electrons. The average Bonchev–Trinajstić information content (AvgIpc) is 2.83. The quantitative estimate of drug-likeness (QED) is 0.920. The predicted octanol–water partition coefficient (Wildman–Crippen LogP) is 2.95. The molecule has 2 aromatic carbocycles. The number of benzene rings is 2. The zero-order valence-electron chi connectivity index (χ0n) is 12.0. The van der Waals surface area contributed by atoms with Gasteiger partial charge in [0.1, 0.15) is 0 Å². The van der Waals surface area contributed by atoms with Crippen LogP contribution in [0.5, 0.6) is 0 Å². The summed E-state index contributed by atoms with van der Waals surface area (Å²) in [6.07, 6.45) is -4.56. The van der Waals surface area contributed by atoms with Gasteiger partial charge in [-0.15, -0.1) is 0 Å². The Morgan fingerprint density at radius 2 is 1.62 bits per heavy atom. The minimum absolute atomic E-state index is 0.0515. The van der Waals surface area contributed by atoms with Crippen LogP contribution in [-0.2, 0) is 27.6 Å². The number of fused-ring (bicyclic) bond motifs is 1. The Labute approximate surface area is 135 Å². The second-order valence-corrected chi connectivity index (χ2v) is 6.67. The Balaban J connectivity index is 1.88. The molecule has 5 nitrogen and oxygen atoms in total. The molecule has 24 heavy (non-hydrogen) atoms. The number of carbonyl (C=O) groups excluding carboxylic acids is 1. The van der Waals surface area contributed by atoms with E-state index in [1.54, 1.807) is 18.2 Å². The monoisotopic (exact) mass is 356 g/mol.